The first-order valence-electron chi connectivity index (χ1n) is 6.01. The van der Waals surface area contributed by atoms with Crippen molar-refractivity contribution in [1.82, 2.24) is 10.6 Å². The molecule has 15 heavy (non-hydrogen) atoms. The third kappa shape index (κ3) is 4.65. The Kier molecular flexibility index (Phi) is 4.58. The highest BCUT2D eigenvalue weighted by atomic mass is 16.2. The Balaban J connectivity index is 2.09. The highest BCUT2D eigenvalue weighted by Gasteiger charge is 2.32. The van der Waals surface area contributed by atoms with Gasteiger partial charge in [-0.05, 0) is 37.6 Å². The van der Waals surface area contributed by atoms with Gasteiger partial charge < -0.3 is 10.6 Å². The van der Waals surface area contributed by atoms with Crippen LogP contribution in [0.2, 0.25) is 0 Å². The van der Waals surface area contributed by atoms with Gasteiger partial charge in [0.05, 0.1) is 6.04 Å². The van der Waals surface area contributed by atoms with Crippen LogP contribution < -0.4 is 10.6 Å². The van der Waals surface area contributed by atoms with E-state index in [9.17, 15) is 4.79 Å². The summed E-state index contributed by atoms with van der Waals surface area (Å²) >= 11 is 0. The average Bonchev–Trinajstić information content (AvgIpc) is 2.87. The van der Waals surface area contributed by atoms with Crippen LogP contribution in [0, 0.1) is 17.8 Å². The summed E-state index contributed by atoms with van der Waals surface area (Å²) in [4.78, 5) is 11.6. The number of carbonyl (C=O) groups is 1. The van der Waals surface area contributed by atoms with Gasteiger partial charge >= 0.3 is 0 Å². The van der Waals surface area contributed by atoms with Crippen LogP contribution in [0.15, 0.2) is 0 Å². The molecule has 3 heteroatoms. The average molecular weight is 212 g/mol. The monoisotopic (exact) mass is 212 g/mol. The van der Waals surface area contributed by atoms with Crippen molar-refractivity contribution in [2.45, 2.75) is 40.2 Å². The van der Waals surface area contributed by atoms with Gasteiger partial charge in [0.25, 0.3) is 0 Å². The Morgan fingerprint density at radius 3 is 2.47 bits per heavy atom. The van der Waals surface area contributed by atoms with Crippen molar-refractivity contribution in [3.63, 3.8) is 0 Å². The zero-order chi connectivity index (χ0) is 11.4. The second-order valence-electron chi connectivity index (χ2n) is 5.24. The van der Waals surface area contributed by atoms with Crippen LogP contribution in [0.3, 0.4) is 0 Å². The molecule has 3 nitrogen and oxygen atoms in total. The lowest BCUT2D eigenvalue weighted by molar-refractivity contribution is -0.122. The SMILES string of the molecule is CC(C)CNC(=O)C(C)NCC1CC1C. The Morgan fingerprint density at radius 1 is 1.40 bits per heavy atom. The number of nitrogens with one attached hydrogen (secondary N) is 2. The maximum atomic E-state index is 11.6. The van der Waals surface area contributed by atoms with Gasteiger partial charge in [0, 0.05) is 6.54 Å². The smallest absolute Gasteiger partial charge is 0.236 e. The van der Waals surface area contributed by atoms with Crippen molar-refractivity contribution in [1.29, 1.82) is 0 Å². The molecule has 1 fully saturated rings. The lowest BCUT2D eigenvalue weighted by Crippen LogP contribution is -2.44. The minimum atomic E-state index is -0.0588. The number of hydrogen-bond donors (Lipinski definition) is 2. The first kappa shape index (κ1) is 12.5. The van der Waals surface area contributed by atoms with Gasteiger partial charge in [0.1, 0.15) is 0 Å². The van der Waals surface area contributed by atoms with Crippen LogP contribution in [0.5, 0.6) is 0 Å². The Hall–Kier alpha value is -0.570. The van der Waals surface area contributed by atoms with E-state index in [0.717, 1.165) is 24.9 Å². The molecule has 0 heterocycles. The molecule has 0 saturated heterocycles. The molecule has 2 N–H and O–H groups in total. The fourth-order valence-corrected chi connectivity index (χ4v) is 1.56. The minimum Gasteiger partial charge on any atom is -0.354 e. The molecule has 0 aromatic rings. The van der Waals surface area contributed by atoms with Crippen LogP contribution in [0.4, 0.5) is 0 Å². The summed E-state index contributed by atoms with van der Waals surface area (Å²) in [6.45, 7) is 10.1. The molecule has 1 amide bonds. The van der Waals surface area contributed by atoms with E-state index in [1.54, 1.807) is 0 Å². The summed E-state index contributed by atoms with van der Waals surface area (Å²) in [6, 6.07) is -0.0588. The highest BCUT2D eigenvalue weighted by molar-refractivity contribution is 5.81. The predicted octanol–water partition coefficient (Wildman–Crippen LogP) is 1.39. The molecule has 0 aliphatic heterocycles. The zero-order valence-electron chi connectivity index (χ0n) is 10.3. The molecular weight excluding hydrogens is 188 g/mol. The standard InChI is InChI=1S/C12H24N2O/c1-8(2)6-14-12(15)10(4)13-7-11-5-9(11)3/h8-11,13H,5-7H2,1-4H3,(H,14,15). The van der Waals surface area contributed by atoms with E-state index in [0.29, 0.717) is 5.92 Å². The topological polar surface area (TPSA) is 41.1 Å². The molecule has 0 aromatic carbocycles. The normalized spacial score (nSPS) is 26.5. The number of amides is 1. The molecule has 1 aliphatic rings. The molecule has 1 aliphatic carbocycles. The molecule has 0 aromatic heterocycles. The molecule has 3 atom stereocenters. The Morgan fingerprint density at radius 2 is 2.00 bits per heavy atom. The number of rotatable bonds is 6. The van der Waals surface area contributed by atoms with Gasteiger partial charge in [0.2, 0.25) is 5.91 Å². The summed E-state index contributed by atoms with van der Waals surface area (Å²) in [5.74, 6) is 2.29. The second kappa shape index (κ2) is 5.50. The molecule has 0 radical (unpaired) electrons. The molecule has 3 unspecified atom stereocenters. The van der Waals surface area contributed by atoms with Gasteiger partial charge in [-0.15, -0.1) is 0 Å². The van der Waals surface area contributed by atoms with Gasteiger partial charge in [0.15, 0.2) is 0 Å². The van der Waals surface area contributed by atoms with E-state index in [1.807, 2.05) is 6.92 Å². The summed E-state index contributed by atoms with van der Waals surface area (Å²) < 4.78 is 0. The van der Waals surface area contributed by atoms with Crippen LogP contribution in [0.25, 0.3) is 0 Å². The van der Waals surface area contributed by atoms with Crippen molar-refractivity contribution < 1.29 is 4.79 Å². The van der Waals surface area contributed by atoms with Crippen molar-refractivity contribution in [3.8, 4) is 0 Å². The van der Waals surface area contributed by atoms with Crippen LogP contribution in [0.1, 0.15) is 34.1 Å². The van der Waals surface area contributed by atoms with Crippen molar-refractivity contribution >= 4 is 5.91 Å². The Labute approximate surface area is 93.0 Å². The van der Waals surface area contributed by atoms with E-state index in [2.05, 4.69) is 31.4 Å². The Bertz CT molecular complexity index is 216. The molecule has 0 spiro atoms. The first-order chi connectivity index (χ1) is 7.00. The highest BCUT2D eigenvalue weighted by Crippen LogP contribution is 2.36. The van der Waals surface area contributed by atoms with Crippen LogP contribution >= 0.6 is 0 Å². The number of carbonyl (C=O) groups excluding carboxylic acids is 1. The summed E-state index contributed by atoms with van der Waals surface area (Å²) in [5, 5.41) is 6.22. The maximum Gasteiger partial charge on any atom is 0.236 e. The lowest BCUT2D eigenvalue weighted by Gasteiger charge is -2.14. The zero-order valence-corrected chi connectivity index (χ0v) is 10.3. The molecular formula is C12H24N2O. The van der Waals surface area contributed by atoms with Crippen LogP contribution in [-0.4, -0.2) is 25.0 Å². The summed E-state index contributed by atoms with van der Waals surface area (Å²) in [7, 11) is 0. The number of hydrogen-bond acceptors (Lipinski definition) is 2. The van der Waals surface area contributed by atoms with Gasteiger partial charge in [-0.1, -0.05) is 20.8 Å². The molecule has 1 rings (SSSR count). The lowest BCUT2D eigenvalue weighted by atomic mass is 10.2. The summed E-state index contributed by atoms with van der Waals surface area (Å²) in [5.41, 5.74) is 0. The molecule has 88 valence electrons. The van der Waals surface area contributed by atoms with Gasteiger partial charge in [-0.25, -0.2) is 0 Å². The fourth-order valence-electron chi connectivity index (χ4n) is 1.56. The minimum absolute atomic E-state index is 0.0588. The maximum absolute atomic E-state index is 11.6. The van der Waals surface area contributed by atoms with Crippen molar-refractivity contribution in [2.75, 3.05) is 13.1 Å². The third-order valence-electron chi connectivity index (χ3n) is 3.04. The van der Waals surface area contributed by atoms with Gasteiger partial charge in [-0.3, -0.25) is 4.79 Å². The van der Waals surface area contributed by atoms with Crippen molar-refractivity contribution in [2.24, 2.45) is 17.8 Å². The quantitative estimate of drug-likeness (QED) is 0.698. The predicted molar refractivity (Wildman–Crippen MR) is 62.6 cm³/mol. The fraction of sp³-hybridized carbons (Fsp3) is 0.917. The third-order valence-corrected chi connectivity index (χ3v) is 3.04. The van der Waals surface area contributed by atoms with Gasteiger partial charge in [-0.2, -0.15) is 0 Å². The van der Waals surface area contributed by atoms with E-state index in [-0.39, 0.29) is 11.9 Å². The van der Waals surface area contributed by atoms with E-state index in [1.165, 1.54) is 6.42 Å². The molecule has 0 bridgehead atoms. The largest absolute Gasteiger partial charge is 0.354 e. The van der Waals surface area contributed by atoms with Crippen LogP contribution in [-0.2, 0) is 4.79 Å². The van der Waals surface area contributed by atoms with E-state index >= 15 is 0 Å². The molecule has 1 saturated carbocycles. The van der Waals surface area contributed by atoms with E-state index < -0.39 is 0 Å². The summed E-state index contributed by atoms with van der Waals surface area (Å²) in [6.07, 6.45) is 1.31. The van der Waals surface area contributed by atoms with Crippen molar-refractivity contribution in [3.05, 3.63) is 0 Å². The van der Waals surface area contributed by atoms with E-state index in [4.69, 9.17) is 0 Å². The first-order valence-corrected chi connectivity index (χ1v) is 6.01. The second-order valence-corrected chi connectivity index (χ2v) is 5.24.